The molecule has 0 saturated heterocycles. The van der Waals surface area contributed by atoms with Gasteiger partial charge in [-0.3, -0.25) is 0 Å². The minimum atomic E-state index is 0.0191. The third-order valence-electron chi connectivity index (χ3n) is 2.63. The Bertz CT molecular complexity index is 345. The van der Waals surface area contributed by atoms with E-state index in [0.29, 0.717) is 0 Å². The van der Waals surface area contributed by atoms with Gasteiger partial charge in [0.15, 0.2) is 0 Å². The molecule has 0 bridgehead atoms. The fourth-order valence-corrected chi connectivity index (χ4v) is 2.64. The van der Waals surface area contributed by atoms with Crippen LogP contribution in [-0.4, -0.2) is 12.0 Å². The van der Waals surface area contributed by atoms with Crippen LogP contribution in [0.2, 0.25) is 0 Å². The largest absolute Gasteiger partial charge is 0.310 e. The lowest BCUT2D eigenvalue weighted by Gasteiger charge is -2.23. The Balaban J connectivity index is 3.18. The normalized spacial score (nSPS) is 13.3. The van der Waals surface area contributed by atoms with Crippen molar-refractivity contribution in [1.29, 1.82) is 0 Å². The lowest BCUT2D eigenvalue weighted by atomic mass is 9.98. The van der Waals surface area contributed by atoms with E-state index in [0.717, 1.165) is 5.69 Å². The molecule has 0 atom stereocenters. The molecule has 0 aliphatic heterocycles. The summed E-state index contributed by atoms with van der Waals surface area (Å²) in [6.07, 6.45) is 0. The summed E-state index contributed by atoms with van der Waals surface area (Å²) < 4.78 is 0. The summed E-state index contributed by atoms with van der Waals surface area (Å²) in [5.41, 5.74) is 1.33. The Morgan fingerprint density at radius 2 is 1.67 bits per heavy atom. The van der Waals surface area contributed by atoms with Gasteiger partial charge in [0.1, 0.15) is 0 Å². The molecule has 1 rings (SSSR count). The summed E-state index contributed by atoms with van der Waals surface area (Å²) in [4.78, 5) is 6.02. The number of aromatic nitrogens is 1. The van der Waals surface area contributed by atoms with Gasteiger partial charge in [0.25, 0.3) is 0 Å². The van der Waals surface area contributed by atoms with Gasteiger partial charge in [0.05, 0.1) is 10.7 Å². The second kappa shape index (κ2) is 3.87. The first-order valence-corrected chi connectivity index (χ1v) is 6.17. The van der Waals surface area contributed by atoms with Crippen molar-refractivity contribution in [1.82, 2.24) is 10.3 Å². The van der Waals surface area contributed by atoms with Crippen LogP contribution in [0.3, 0.4) is 0 Å². The first-order chi connectivity index (χ1) is 6.68. The maximum absolute atomic E-state index is 4.67. The molecule has 1 aromatic rings. The van der Waals surface area contributed by atoms with E-state index in [-0.39, 0.29) is 11.0 Å². The van der Waals surface area contributed by atoms with E-state index >= 15 is 0 Å². The van der Waals surface area contributed by atoms with E-state index in [4.69, 9.17) is 0 Å². The SMILES string of the molecule is CNC(C)(C)c1sc(C(C)(C)C)nc1C. The molecule has 0 unspecified atom stereocenters. The van der Waals surface area contributed by atoms with Crippen LogP contribution < -0.4 is 5.32 Å². The van der Waals surface area contributed by atoms with Crippen LogP contribution in [0.1, 0.15) is 50.2 Å². The Kier molecular flexibility index (Phi) is 3.27. The molecule has 0 saturated carbocycles. The van der Waals surface area contributed by atoms with E-state index < -0.39 is 0 Å². The van der Waals surface area contributed by atoms with Gasteiger partial charge in [-0.25, -0.2) is 4.98 Å². The van der Waals surface area contributed by atoms with Crippen LogP contribution in [0.4, 0.5) is 0 Å². The summed E-state index contributed by atoms with van der Waals surface area (Å²) in [6, 6.07) is 0. The highest BCUT2D eigenvalue weighted by atomic mass is 32.1. The van der Waals surface area contributed by atoms with Crippen molar-refractivity contribution in [2.24, 2.45) is 0 Å². The van der Waals surface area contributed by atoms with E-state index in [2.05, 4.69) is 51.8 Å². The van der Waals surface area contributed by atoms with Crippen molar-refractivity contribution < 1.29 is 0 Å². The Morgan fingerprint density at radius 3 is 2.00 bits per heavy atom. The minimum Gasteiger partial charge on any atom is -0.310 e. The summed E-state index contributed by atoms with van der Waals surface area (Å²) in [6.45, 7) is 13.1. The zero-order chi connectivity index (χ0) is 11.9. The van der Waals surface area contributed by atoms with Gasteiger partial charge in [-0.05, 0) is 27.8 Å². The number of aryl methyl sites for hydroxylation is 1. The molecule has 86 valence electrons. The minimum absolute atomic E-state index is 0.0191. The Labute approximate surface area is 97.1 Å². The lowest BCUT2D eigenvalue weighted by Crippen LogP contribution is -2.32. The van der Waals surface area contributed by atoms with Gasteiger partial charge in [0.2, 0.25) is 0 Å². The first kappa shape index (κ1) is 12.7. The van der Waals surface area contributed by atoms with Crippen LogP contribution >= 0.6 is 11.3 Å². The average Bonchev–Trinajstić information content (AvgIpc) is 2.47. The summed E-state index contributed by atoms with van der Waals surface area (Å²) in [7, 11) is 2.00. The van der Waals surface area contributed by atoms with Crippen molar-refractivity contribution in [3.63, 3.8) is 0 Å². The molecule has 0 radical (unpaired) electrons. The molecule has 0 spiro atoms. The highest BCUT2D eigenvalue weighted by Gasteiger charge is 2.27. The third kappa shape index (κ3) is 2.58. The number of thiazole rings is 1. The molecule has 2 nitrogen and oxygen atoms in total. The number of nitrogens with one attached hydrogen (secondary N) is 1. The van der Waals surface area contributed by atoms with Crippen LogP contribution in [-0.2, 0) is 11.0 Å². The van der Waals surface area contributed by atoms with E-state index in [9.17, 15) is 0 Å². The van der Waals surface area contributed by atoms with Gasteiger partial charge in [-0.2, -0.15) is 0 Å². The highest BCUT2D eigenvalue weighted by Crippen LogP contribution is 2.34. The molecule has 3 heteroatoms. The molecule has 0 aromatic carbocycles. The fraction of sp³-hybridized carbons (Fsp3) is 0.750. The van der Waals surface area contributed by atoms with Crippen molar-refractivity contribution in [2.75, 3.05) is 7.05 Å². The van der Waals surface area contributed by atoms with Crippen molar-refractivity contribution >= 4 is 11.3 Å². The highest BCUT2D eigenvalue weighted by molar-refractivity contribution is 7.12. The molecule has 1 heterocycles. The number of hydrogen-bond acceptors (Lipinski definition) is 3. The molecule has 0 aliphatic carbocycles. The number of hydrogen-bond donors (Lipinski definition) is 1. The molecule has 1 aromatic heterocycles. The predicted octanol–water partition coefficient (Wildman–Crippen LogP) is 3.20. The number of nitrogens with zero attached hydrogens (tertiary/aromatic N) is 1. The van der Waals surface area contributed by atoms with Crippen molar-refractivity contribution in [3.8, 4) is 0 Å². The maximum atomic E-state index is 4.67. The molecular weight excluding hydrogens is 204 g/mol. The molecule has 15 heavy (non-hydrogen) atoms. The van der Waals surface area contributed by atoms with E-state index in [1.165, 1.54) is 9.88 Å². The number of rotatable bonds is 2. The predicted molar refractivity (Wildman–Crippen MR) is 67.6 cm³/mol. The zero-order valence-corrected chi connectivity index (χ0v) is 11.7. The Morgan fingerprint density at radius 1 is 1.13 bits per heavy atom. The summed E-state index contributed by atoms with van der Waals surface area (Å²) in [5, 5.41) is 4.55. The molecule has 0 aliphatic rings. The van der Waals surface area contributed by atoms with Crippen LogP contribution in [0.25, 0.3) is 0 Å². The topological polar surface area (TPSA) is 24.9 Å². The zero-order valence-electron chi connectivity index (χ0n) is 10.9. The van der Waals surface area contributed by atoms with Gasteiger partial charge in [0, 0.05) is 15.8 Å². The van der Waals surface area contributed by atoms with Crippen LogP contribution in [0.5, 0.6) is 0 Å². The Hall–Kier alpha value is -0.410. The van der Waals surface area contributed by atoms with Gasteiger partial charge in [-0.15, -0.1) is 11.3 Å². The van der Waals surface area contributed by atoms with Gasteiger partial charge < -0.3 is 5.32 Å². The van der Waals surface area contributed by atoms with Crippen molar-refractivity contribution in [2.45, 2.75) is 52.5 Å². The fourth-order valence-electron chi connectivity index (χ4n) is 1.41. The first-order valence-electron chi connectivity index (χ1n) is 5.36. The molecule has 1 N–H and O–H groups in total. The second-order valence-electron chi connectivity index (χ2n) is 5.56. The monoisotopic (exact) mass is 226 g/mol. The lowest BCUT2D eigenvalue weighted by molar-refractivity contribution is 0.450. The van der Waals surface area contributed by atoms with E-state index in [1.807, 2.05) is 18.4 Å². The third-order valence-corrected chi connectivity index (χ3v) is 4.54. The second-order valence-corrected chi connectivity index (χ2v) is 6.56. The van der Waals surface area contributed by atoms with Crippen molar-refractivity contribution in [3.05, 3.63) is 15.6 Å². The average molecular weight is 226 g/mol. The van der Waals surface area contributed by atoms with Crippen LogP contribution in [0, 0.1) is 6.92 Å². The maximum Gasteiger partial charge on any atom is 0.0985 e. The summed E-state index contributed by atoms with van der Waals surface area (Å²) >= 11 is 1.82. The molecule has 0 fully saturated rings. The molecular formula is C12H22N2S. The summed E-state index contributed by atoms with van der Waals surface area (Å²) in [5.74, 6) is 0. The standard InChI is InChI=1S/C12H22N2S/c1-8-9(12(5,6)13-7)15-10(14-8)11(2,3)4/h13H,1-7H3. The quantitative estimate of drug-likeness (QED) is 0.837. The smallest absolute Gasteiger partial charge is 0.0985 e. The van der Waals surface area contributed by atoms with E-state index in [1.54, 1.807) is 0 Å². The van der Waals surface area contributed by atoms with Crippen LogP contribution in [0.15, 0.2) is 0 Å². The van der Waals surface area contributed by atoms with Gasteiger partial charge in [-0.1, -0.05) is 20.8 Å². The van der Waals surface area contributed by atoms with Gasteiger partial charge >= 0.3 is 0 Å². The molecule has 0 amide bonds.